The first-order valence-corrected chi connectivity index (χ1v) is 9.20. The fourth-order valence-corrected chi connectivity index (χ4v) is 3.71. The van der Waals surface area contributed by atoms with Gasteiger partial charge < -0.3 is 5.32 Å². The summed E-state index contributed by atoms with van der Waals surface area (Å²) in [4.78, 5) is 24.4. The molecule has 1 N–H and O–H groups in total. The highest BCUT2D eigenvalue weighted by Crippen LogP contribution is 2.24. The lowest BCUT2D eigenvalue weighted by Crippen LogP contribution is -2.26. The van der Waals surface area contributed by atoms with E-state index >= 15 is 0 Å². The zero-order valence-corrected chi connectivity index (χ0v) is 14.6. The summed E-state index contributed by atoms with van der Waals surface area (Å²) < 4.78 is 0. The van der Waals surface area contributed by atoms with Crippen molar-refractivity contribution in [3.63, 3.8) is 0 Å². The predicted molar refractivity (Wildman–Crippen MR) is 97.6 cm³/mol. The van der Waals surface area contributed by atoms with E-state index in [0.717, 1.165) is 37.0 Å². The number of hydrogen-bond acceptors (Lipinski definition) is 5. The molecule has 0 spiro atoms. The Morgan fingerprint density at radius 3 is 2.58 bits per heavy atom. The summed E-state index contributed by atoms with van der Waals surface area (Å²) in [6.07, 6.45) is 5.74. The lowest BCUT2D eigenvalue weighted by atomic mass is 9.99. The molecule has 1 saturated carbocycles. The van der Waals surface area contributed by atoms with Crippen LogP contribution in [0.2, 0.25) is 0 Å². The van der Waals surface area contributed by atoms with Crippen molar-refractivity contribution in [3.05, 3.63) is 35.4 Å². The monoisotopic (exact) mass is 343 g/mol. The van der Waals surface area contributed by atoms with Crippen LogP contribution in [0.15, 0.2) is 34.5 Å². The minimum atomic E-state index is -0.427. The molecule has 2 aliphatic rings. The number of carbonyl (C=O) groups excluding carboxylic acids is 2. The standard InChI is InChI=1S/C18H21N3O2S/c1-12-7-9-13(10-8-12)15(22)11-16-17(23)19-18(24-16)21-20-14-5-3-2-4-6-14/h7-10,16H,2-6,11H2,1H3,(H,19,21,23). The number of amidine groups is 1. The van der Waals surface area contributed by atoms with Gasteiger partial charge in [-0.25, -0.2) is 0 Å². The van der Waals surface area contributed by atoms with E-state index in [-0.39, 0.29) is 18.1 Å². The first-order valence-electron chi connectivity index (χ1n) is 8.32. The Hall–Kier alpha value is -1.95. The molecule has 3 rings (SSSR count). The predicted octanol–water partition coefficient (Wildman–Crippen LogP) is 3.48. The number of carbonyl (C=O) groups is 2. The molecule has 1 aromatic carbocycles. The van der Waals surface area contributed by atoms with Crippen LogP contribution in [0.3, 0.4) is 0 Å². The number of thioether (sulfide) groups is 1. The van der Waals surface area contributed by atoms with E-state index in [1.165, 1.54) is 18.2 Å². The molecule has 0 aromatic heterocycles. The Balaban J connectivity index is 1.60. The third-order valence-electron chi connectivity index (χ3n) is 4.23. The van der Waals surface area contributed by atoms with Crippen molar-refractivity contribution in [3.8, 4) is 0 Å². The van der Waals surface area contributed by atoms with Crippen LogP contribution in [-0.4, -0.2) is 27.8 Å². The molecule has 5 nitrogen and oxygen atoms in total. The largest absolute Gasteiger partial charge is 0.303 e. The molecule has 1 aliphatic carbocycles. The maximum Gasteiger partial charge on any atom is 0.240 e. The highest BCUT2D eigenvalue weighted by Gasteiger charge is 2.32. The van der Waals surface area contributed by atoms with Crippen LogP contribution in [0, 0.1) is 6.92 Å². The normalized spacial score (nSPS) is 22.5. The summed E-state index contributed by atoms with van der Waals surface area (Å²) in [7, 11) is 0. The first kappa shape index (κ1) is 16.9. The molecule has 6 heteroatoms. The third kappa shape index (κ3) is 4.32. The van der Waals surface area contributed by atoms with E-state index < -0.39 is 5.25 Å². The van der Waals surface area contributed by atoms with Crippen LogP contribution >= 0.6 is 11.8 Å². The van der Waals surface area contributed by atoms with Crippen LogP contribution in [-0.2, 0) is 4.79 Å². The van der Waals surface area contributed by atoms with E-state index in [0.29, 0.717) is 10.7 Å². The fraction of sp³-hybridized carbons (Fsp3) is 0.444. The highest BCUT2D eigenvalue weighted by molar-refractivity contribution is 8.15. The summed E-state index contributed by atoms with van der Waals surface area (Å²) >= 11 is 1.29. The molecule has 1 aromatic rings. The second kappa shape index (κ2) is 7.75. The van der Waals surface area contributed by atoms with Crippen molar-refractivity contribution in [2.45, 2.75) is 50.7 Å². The van der Waals surface area contributed by atoms with Crippen molar-refractivity contribution < 1.29 is 9.59 Å². The second-order valence-electron chi connectivity index (χ2n) is 6.22. The average Bonchev–Trinajstić information content (AvgIpc) is 2.94. The molecule has 2 fully saturated rings. The number of nitrogens with one attached hydrogen (secondary N) is 1. The molecule has 1 amide bonds. The molecule has 126 valence electrons. The molecule has 0 bridgehead atoms. The molecule has 0 radical (unpaired) electrons. The Kier molecular flexibility index (Phi) is 5.45. The van der Waals surface area contributed by atoms with Crippen LogP contribution in [0.5, 0.6) is 0 Å². The molecule has 1 aliphatic heterocycles. The molecular weight excluding hydrogens is 322 g/mol. The van der Waals surface area contributed by atoms with Gasteiger partial charge in [0, 0.05) is 17.7 Å². The summed E-state index contributed by atoms with van der Waals surface area (Å²) in [6.45, 7) is 1.98. The van der Waals surface area contributed by atoms with E-state index in [1.807, 2.05) is 19.1 Å². The summed E-state index contributed by atoms with van der Waals surface area (Å²) in [5.74, 6) is -0.189. The highest BCUT2D eigenvalue weighted by atomic mass is 32.2. The fourth-order valence-electron chi connectivity index (χ4n) is 2.79. The van der Waals surface area contributed by atoms with Gasteiger partial charge in [-0.2, -0.15) is 5.10 Å². The van der Waals surface area contributed by atoms with Gasteiger partial charge in [-0.1, -0.05) is 48.0 Å². The lowest BCUT2D eigenvalue weighted by molar-refractivity contribution is -0.118. The second-order valence-corrected chi connectivity index (χ2v) is 7.41. The van der Waals surface area contributed by atoms with Crippen LogP contribution in [0.25, 0.3) is 0 Å². The smallest absolute Gasteiger partial charge is 0.240 e. The van der Waals surface area contributed by atoms with Crippen molar-refractivity contribution in [2.24, 2.45) is 10.2 Å². The molecule has 24 heavy (non-hydrogen) atoms. The van der Waals surface area contributed by atoms with Gasteiger partial charge in [0.2, 0.25) is 5.91 Å². The van der Waals surface area contributed by atoms with Gasteiger partial charge in [0.1, 0.15) is 0 Å². The van der Waals surface area contributed by atoms with Gasteiger partial charge in [-0.3, -0.25) is 9.59 Å². The maximum atomic E-state index is 12.3. The summed E-state index contributed by atoms with van der Waals surface area (Å²) in [5.41, 5.74) is 2.85. The van der Waals surface area contributed by atoms with E-state index in [2.05, 4.69) is 15.5 Å². The molecule has 1 unspecified atom stereocenters. The Morgan fingerprint density at radius 1 is 1.17 bits per heavy atom. The van der Waals surface area contributed by atoms with Gasteiger partial charge >= 0.3 is 0 Å². The zero-order valence-electron chi connectivity index (χ0n) is 13.7. The molecule has 1 saturated heterocycles. The molecule has 1 heterocycles. The summed E-state index contributed by atoms with van der Waals surface area (Å²) in [5, 5.41) is 11.2. The van der Waals surface area contributed by atoms with Crippen molar-refractivity contribution in [1.29, 1.82) is 0 Å². The zero-order chi connectivity index (χ0) is 16.9. The first-order chi connectivity index (χ1) is 11.6. The number of nitrogens with zero attached hydrogens (tertiary/aromatic N) is 2. The number of rotatable bonds is 4. The number of ketones is 1. The van der Waals surface area contributed by atoms with Gasteiger partial charge in [0.15, 0.2) is 11.0 Å². The third-order valence-corrected chi connectivity index (χ3v) is 5.31. The number of aryl methyl sites for hydroxylation is 1. The average molecular weight is 343 g/mol. The van der Waals surface area contributed by atoms with Crippen LogP contribution < -0.4 is 5.32 Å². The number of hydrogen-bond donors (Lipinski definition) is 1. The van der Waals surface area contributed by atoms with Crippen LogP contribution in [0.1, 0.15) is 54.4 Å². The minimum Gasteiger partial charge on any atom is -0.303 e. The molecular formula is C18H21N3O2S. The quantitative estimate of drug-likeness (QED) is 0.672. The molecule has 1 atom stereocenters. The Labute approximate surface area is 146 Å². The van der Waals surface area contributed by atoms with Gasteiger partial charge in [0.25, 0.3) is 0 Å². The van der Waals surface area contributed by atoms with Crippen LogP contribution in [0.4, 0.5) is 0 Å². The number of amides is 1. The van der Waals surface area contributed by atoms with Gasteiger partial charge in [-0.15, -0.1) is 5.10 Å². The van der Waals surface area contributed by atoms with Gasteiger partial charge in [-0.05, 0) is 32.6 Å². The van der Waals surface area contributed by atoms with Gasteiger partial charge in [0.05, 0.1) is 5.25 Å². The van der Waals surface area contributed by atoms with Crippen molar-refractivity contribution in [1.82, 2.24) is 5.32 Å². The van der Waals surface area contributed by atoms with E-state index in [4.69, 9.17) is 0 Å². The Morgan fingerprint density at radius 2 is 1.88 bits per heavy atom. The number of benzene rings is 1. The summed E-state index contributed by atoms with van der Waals surface area (Å²) in [6, 6.07) is 7.42. The maximum absolute atomic E-state index is 12.3. The minimum absolute atomic E-state index is 0.0255. The van der Waals surface area contributed by atoms with E-state index in [1.54, 1.807) is 12.1 Å². The van der Waals surface area contributed by atoms with E-state index in [9.17, 15) is 9.59 Å². The van der Waals surface area contributed by atoms with Crippen molar-refractivity contribution >= 4 is 34.3 Å². The van der Waals surface area contributed by atoms with Crippen molar-refractivity contribution in [2.75, 3.05) is 0 Å². The lowest BCUT2D eigenvalue weighted by Gasteiger charge is -2.10. The Bertz CT molecular complexity index is 687. The SMILES string of the molecule is Cc1ccc(C(=O)CC2S/C(=N/N=C3CCCCC3)NC2=O)cc1. The number of Topliss-reactive ketones (excluding diaryl/α,β-unsaturated/α-hetero) is 1. The topological polar surface area (TPSA) is 70.9 Å².